The summed E-state index contributed by atoms with van der Waals surface area (Å²) >= 11 is 0. The highest BCUT2D eigenvalue weighted by Gasteiger charge is 2.76. The molecule has 0 radical (unpaired) electrons. The first kappa shape index (κ1) is 27.9. The molecule has 9 heteroatoms. The van der Waals surface area contributed by atoms with Gasteiger partial charge in [0.1, 0.15) is 28.9 Å². The zero-order chi connectivity index (χ0) is 29.6. The summed E-state index contributed by atoms with van der Waals surface area (Å²) < 4.78 is 16.9. The van der Waals surface area contributed by atoms with Crippen LogP contribution in [-0.2, 0) is 9.53 Å². The summed E-state index contributed by atoms with van der Waals surface area (Å²) in [6.07, 6.45) is 1.02. The second kappa shape index (κ2) is 9.11. The molecule has 0 saturated heterocycles. The molecular formula is C32H37NO8. The van der Waals surface area contributed by atoms with Gasteiger partial charge in [-0.15, -0.1) is 0 Å². The molecule has 1 aromatic heterocycles. The number of ether oxygens (including phenoxy) is 2. The van der Waals surface area contributed by atoms with Crippen LogP contribution in [0.25, 0.3) is 11.3 Å². The molecule has 2 bridgehead atoms. The Hall–Kier alpha value is -3.27. The summed E-state index contributed by atoms with van der Waals surface area (Å²) in [5.41, 5.74) is -2.43. The molecule has 4 aliphatic carbocycles. The SMILES string of the molecule is COc1ccccc1-c1noc(C)c1C(=O)O[C@H]1C(C)=CC23C(=O)[C@@H](C=C(CO)[C@@H](O)[C@]12O)[C@H]1[C@@H](CC3C)C1(C)C. The van der Waals surface area contributed by atoms with Crippen LogP contribution in [0.5, 0.6) is 5.75 Å². The summed E-state index contributed by atoms with van der Waals surface area (Å²) in [5, 5.41) is 38.8. The molecule has 2 saturated carbocycles. The van der Waals surface area contributed by atoms with Gasteiger partial charge < -0.3 is 29.3 Å². The minimum atomic E-state index is -2.23. The Balaban J connectivity index is 1.45. The number of Topliss-reactive ketones (excluding diaryl/α,β-unsaturated/α-hetero) is 1. The number of benzene rings is 1. The van der Waals surface area contributed by atoms with Crippen molar-refractivity contribution >= 4 is 11.8 Å². The average molecular weight is 564 g/mol. The topological polar surface area (TPSA) is 139 Å². The van der Waals surface area contributed by atoms with Gasteiger partial charge in [0.05, 0.1) is 19.1 Å². The van der Waals surface area contributed by atoms with E-state index in [-0.39, 0.29) is 51.5 Å². The molecule has 41 heavy (non-hydrogen) atoms. The smallest absolute Gasteiger partial charge is 0.344 e. The highest BCUT2D eigenvalue weighted by atomic mass is 16.6. The number of aliphatic hydroxyl groups excluding tert-OH is 2. The van der Waals surface area contributed by atoms with Crippen molar-refractivity contribution in [3.8, 4) is 17.0 Å². The second-order valence-electron chi connectivity index (χ2n) is 12.8. The van der Waals surface area contributed by atoms with Crippen molar-refractivity contribution in [1.82, 2.24) is 5.16 Å². The van der Waals surface area contributed by atoms with Crippen molar-refractivity contribution in [2.24, 2.45) is 34.5 Å². The number of carbonyl (C=O) groups excluding carboxylic acids is 2. The number of aliphatic hydroxyl groups is 3. The van der Waals surface area contributed by atoms with Crippen LogP contribution in [0.1, 0.15) is 50.2 Å². The Morgan fingerprint density at radius 3 is 2.61 bits per heavy atom. The first-order valence-corrected chi connectivity index (χ1v) is 14.1. The monoisotopic (exact) mass is 563 g/mol. The molecule has 2 aromatic rings. The third kappa shape index (κ3) is 3.49. The van der Waals surface area contributed by atoms with Crippen LogP contribution < -0.4 is 4.74 Å². The van der Waals surface area contributed by atoms with Gasteiger partial charge in [-0.25, -0.2) is 4.79 Å². The van der Waals surface area contributed by atoms with Gasteiger partial charge >= 0.3 is 5.97 Å². The fourth-order valence-corrected chi connectivity index (χ4v) is 8.40. The number of hydrogen-bond donors (Lipinski definition) is 3. The van der Waals surface area contributed by atoms with Crippen LogP contribution in [0.3, 0.4) is 0 Å². The number of para-hydroxylation sites is 1. The van der Waals surface area contributed by atoms with Crippen LogP contribution in [0, 0.1) is 41.4 Å². The lowest BCUT2D eigenvalue weighted by molar-refractivity contribution is -0.190. The van der Waals surface area contributed by atoms with Crippen LogP contribution >= 0.6 is 0 Å². The van der Waals surface area contributed by atoms with E-state index in [2.05, 4.69) is 19.0 Å². The number of esters is 1. The number of aryl methyl sites for hydroxylation is 1. The summed E-state index contributed by atoms with van der Waals surface area (Å²) in [5.74, 6) is -1.01. The number of rotatable bonds is 5. The number of aromatic nitrogens is 1. The number of allylic oxidation sites excluding steroid dienone is 1. The molecule has 9 nitrogen and oxygen atoms in total. The molecule has 1 heterocycles. The highest BCUT2D eigenvalue weighted by molar-refractivity contribution is 5.99. The third-order valence-corrected chi connectivity index (χ3v) is 10.6. The molecule has 1 spiro atoms. The van der Waals surface area contributed by atoms with Gasteiger partial charge in [-0.1, -0.05) is 50.2 Å². The first-order chi connectivity index (χ1) is 19.4. The van der Waals surface area contributed by atoms with E-state index in [1.54, 1.807) is 50.3 Å². The number of hydrogen-bond acceptors (Lipinski definition) is 9. The maximum atomic E-state index is 14.5. The molecule has 3 N–H and O–H groups in total. The van der Waals surface area contributed by atoms with Crippen LogP contribution in [-0.4, -0.2) is 63.8 Å². The van der Waals surface area contributed by atoms with E-state index >= 15 is 0 Å². The normalized spacial score (nSPS) is 36.8. The summed E-state index contributed by atoms with van der Waals surface area (Å²) in [4.78, 5) is 28.4. The molecule has 2 unspecified atom stereocenters. The Bertz CT molecular complexity index is 1500. The quantitative estimate of drug-likeness (QED) is 0.367. The van der Waals surface area contributed by atoms with Crippen molar-refractivity contribution in [2.45, 2.75) is 58.8 Å². The predicted molar refractivity (Wildman–Crippen MR) is 148 cm³/mol. The fraction of sp³-hybridized carbons (Fsp3) is 0.531. The van der Waals surface area contributed by atoms with Gasteiger partial charge in [-0.05, 0) is 66.7 Å². The van der Waals surface area contributed by atoms with E-state index in [1.807, 2.05) is 6.92 Å². The molecule has 1 aromatic carbocycles. The Morgan fingerprint density at radius 1 is 1.22 bits per heavy atom. The lowest BCUT2D eigenvalue weighted by Crippen LogP contribution is -2.65. The molecule has 218 valence electrons. The molecule has 4 aliphatic rings. The number of fused-ring (bicyclic) bond motifs is 3. The number of methoxy groups -OCH3 is 1. The average Bonchev–Trinajstić information content (AvgIpc) is 3.20. The molecule has 2 fully saturated rings. The number of nitrogens with zero attached hydrogens (tertiary/aromatic N) is 1. The lowest BCUT2D eigenvalue weighted by atomic mass is 9.59. The van der Waals surface area contributed by atoms with E-state index in [0.29, 0.717) is 23.3 Å². The van der Waals surface area contributed by atoms with Gasteiger partial charge in [-0.3, -0.25) is 4.79 Å². The Labute approximate surface area is 238 Å². The molecule has 0 amide bonds. The third-order valence-electron chi connectivity index (χ3n) is 10.6. The molecule has 6 rings (SSSR count). The van der Waals surface area contributed by atoms with Crippen molar-refractivity contribution in [3.63, 3.8) is 0 Å². The Kier molecular flexibility index (Phi) is 6.20. The first-order valence-electron chi connectivity index (χ1n) is 14.1. The fourth-order valence-electron chi connectivity index (χ4n) is 8.40. The summed E-state index contributed by atoms with van der Waals surface area (Å²) in [6.45, 7) is 8.94. The minimum Gasteiger partial charge on any atom is -0.496 e. The minimum absolute atomic E-state index is 0.0336. The van der Waals surface area contributed by atoms with Gasteiger partial charge in [0.2, 0.25) is 0 Å². The number of ketones is 1. The molecule has 8 atom stereocenters. The van der Waals surface area contributed by atoms with Gasteiger partial charge in [0.15, 0.2) is 17.5 Å². The zero-order valence-corrected chi connectivity index (χ0v) is 24.2. The largest absolute Gasteiger partial charge is 0.496 e. The standard InChI is InChI=1S/C32H37NO8/c1-15-13-31-16(2)11-21-24(30(21,4)5)20(27(31)36)12-18(14-34)26(35)32(31,38)28(15)40-29(37)23-17(3)41-33-25(23)19-9-7-8-10-22(19)39-6/h7-10,12-13,16,20-21,24,26,28,34-35,38H,11,14H2,1-6H3/t16?,20-,21+,24-,26+,28-,31?,32-/m0/s1. The van der Waals surface area contributed by atoms with Gasteiger partial charge in [-0.2, -0.15) is 0 Å². The van der Waals surface area contributed by atoms with E-state index in [9.17, 15) is 24.9 Å². The van der Waals surface area contributed by atoms with Crippen molar-refractivity contribution in [3.05, 3.63) is 58.9 Å². The molecular weight excluding hydrogens is 526 g/mol. The van der Waals surface area contributed by atoms with Gasteiger partial charge in [0.25, 0.3) is 0 Å². The van der Waals surface area contributed by atoms with Crippen LogP contribution in [0.4, 0.5) is 0 Å². The molecule has 0 aliphatic heterocycles. The zero-order valence-electron chi connectivity index (χ0n) is 24.2. The van der Waals surface area contributed by atoms with Crippen molar-refractivity contribution in [1.29, 1.82) is 0 Å². The summed E-state index contributed by atoms with van der Waals surface area (Å²) in [6, 6.07) is 7.04. The predicted octanol–water partition coefficient (Wildman–Crippen LogP) is 3.65. The Morgan fingerprint density at radius 2 is 1.93 bits per heavy atom. The van der Waals surface area contributed by atoms with E-state index in [0.717, 1.165) is 0 Å². The van der Waals surface area contributed by atoms with Crippen molar-refractivity contribution < 1.29 is 38.9 Å². The van der Waals surface area contributed by atoms with Gasteiger partial charge in [0, 0.05) is 11.5 Å². The maximum Gasteiger partial charge on any atom is 0.344 e. The summed E-state index contributed by atoms with van der Waals surface area (Å²) in [7, 11) is 1.51. The lowest BCUT2D eigenvalue weighted by Gasteiger charge is -2.48. The van der Waals surface area contributed by atoms with Crippen molar-refractivity contribution in [2.75, 3.05) is 13.7 Å². The number of carbonyl (C=O) groups is 2. The highest BCUT2D eigenvalue weighted by Crippen LogP contribution is 2.71. The van der Waals surface area contributed by atoms with E-state index in [4.69, 9.17) is 14.0 Å². The van der Waals surface area contributed by atoms with Crippen LogP contribution in [0.2, 0.25) is 0 Å². The van der Waals surface area contributed by atoms with Crippen LogP contribution in [0.15, 0.2) is 52.1 Å². The second-order valence-corrected chi connectivity index (χ2v) is 12.8. The van der Waals surface area contributed by atoms with E-state index < -0.39 is 41.7 Å². The van der Waals surface area contributed by atoms with E-state index in [1.165, 1.54) is 7.11 Å². The maximum absolute atomic E-state index is 14.5.